The summed E-state index contributed by atoms with van der Waals surface area (Å²) in [5, 5.41) is 38.9. The summed E-state index contributed by atoms with van der Waals surface area (Å²) in [6.07, 6.45) is -0.746. The number of esters is 2. The first-order valence-corrected chi connectivity index (χ1v) is 7.41. The molecule has 0 aromatic carbocycles. The zero-order valence-electron chi connectivity index (χ0n) is 15.6. The summed E-state index contributed by atoms with van der Waals surface area (Å²) in [4.78, 5) is 61.0. The van der Waals surface area contributed by atoms with Crippen molar-refractivity contribution < 1.29 is 59.2 Å². The summed E-state index contributed by atoms with van der Waals surface area (Å²) in [7, 11) is 0. The molecule has 1 fully saturated rings. The minimum Gasteiger partial charge on any atom is -0.481 e. The fourth-order valence-electron chi connectivity index (χ4n) is 1.16. The van der Waals surface area contributed by atoms with Gasteiger partial charge in [-0.15, -0.1) is 0 Å². The summed E-state index contributed by atoms with van der Waals surface area (Å²) in [6.45, 7) is 8.86. The number of Topliss-reactive ketones (excluding diaryl/α,β-unsaturated/α-hetero) is 1. The van der Waals surface area contributed by atoms with Crippen molar-refractivity contribution in [1.82, 2.24) is 5.48 Å². The van der Waals surface area contributed by atoms with Crippen LogP contribution in [0, 0.1) is 0 Å². The Bertz CT molecular complexity index is 693. The number of ether oxygens (including phenoxy) is 1. The van der Waals surface area contributed by atoms with E-state index in [9.17, 15) is 28.8 Å². The van der Waals surface area contributed by atoms with Crippen LogP contribution >= 0.6 is 0 Å². The van der Waals surface area contributed by atoms with E-state index in [1.54, 1.807) is 0 Å². The molecule has 0 aromatic rings. The number of carbonyl (C=O) groups excluding carboxylic acids is 4. The van der Waals surface area contributed by atoms with Crippen molar-refractivity contribution in [2.24, 2.45) is 5.90 Å². The Hall–Kier alpha value is -3.72. The van der Waals surface area contributed by atoms with E-state index in [0.29, 0.717) is 0 Å². The van der Waals surface area contributed by atoms with Gasteiger partial charge in [0.1, 0.15) is 6.61 Å². The molecule has 0 spiro atoms. The van der Waals surface area contributed by atoms with Crippen molar-refractivity contribution in [1.29, 1.82) is 0 Å². The molecule has 14 nitrogen and oxygen atoms in total. The van der Waals surface area contributed by atoms with Gasteiger partial charge in [-0.05, 0) is 0 Å². The quantitative estimate of drug-likeness (QED) is 0.0788. The molecule has 1 rings (SSSR count). The van der Waals surface area contributed by atoms with Gasteiger partial charge in [0.15, 0.2) is 5.78 Å². The number of amides is 1. The second-order valence-corrected chi connectivity index (χ2v) is 4.92. The second-order valence-electron chi connectivity index (χ2n) is 4.92. The first-order chi connectivity index (χ1) is 13.8. The Morgan fingerprint density at radius 1 is 1.03 bits per heavy atom. The third-order valence-electron chi connectivity index (χ3n) is 2.56. The second kappa shape index (κ2) is 17.4. The van der Waals surface area contributed by atoms with Crippen LogP contribution in [0.25, 0.3) is 0 Å². The molecule has 0 radical (unpaired) electrons. The molecule has 14 heteroatoms. The molecule has 30 heavy (non-hydrogen) atoms. The van der Waals surface area contributed by atoms with E-state index >= 15 is 0 Å². The number of hydrogen-bond donors (Lipinski definition) is 7. The number of aliphatic carboxylic acids is 2. The van der Waals surface area contributed by atoms with Crippen molar-refractivity contribution in [3.8, 4) is 0 Å². The maximum absolute atomic E-state index is 10.4. The molecule has 1 aliphatic heterocycles. The highest BCUT2D eigenvalue weighted by Crippen LogP contribution is 2.10. The fourth-order valence-corrected chi connectivity index (χ4v) is 1.16. The summed E-state index contributed by atoms with van der Waals surface area (Å²) in [6, 6.07) is 0. The van der Waals surface area contributed by atoms with Crippen LogP contribution < -0.4 is 11.4 Å². The van der Waals surface area contributed by atoms with Gasteiger partial charge in [0.05, 0.1) is 19.3 Å². The zero-order valence-corrected chi connectivity index (χ0v) is 15.6. The molecular weight excluding hydrogens is 412 g/mol. The van der Waals surface area contributed by atoms with Crippen LogP contribution in [0.3, 0.4) is 0 Å². The Morgan fingerprint density at radius 2 is 1.53 bits per heavy atom. The first-order valence-electron chi connectivity index (χ1n) is 7.41. The Balaban J connectivity index is -0.000000351. The molecule has 0 atom stereocenters. The minimum atomic E-state index is -1.25. The standard InChI is InChI=1S/C6H8O4.C5H7NO4.C5H4O3.H3NO/c1-4(2-6(9)10)5(8)3-7;1-3(5(8)9)2-4(7)6-10;1-3-2-4(6)8-5(3)7;1-2/h7H,1-3H2,(H,9,10);10H,1-2H2,(H,6,7)(H,8,9);1-2H2;2H,1H2. The molecule has 168 valence electrons. The number of aliphatic hydroxyl groups excluding tert-OH is 1. The van der Waals surface area contributed by atoms with Crippen molar-refractivity contribution >= 4 is 35.6 Å². The molecule has 0 bridgehead atoms. The SMILES string of the molecule is C=C(CC(=O)NO)C(=O)O.C=C(CC(=O)O)C(=O)CO.C=C1CC(=O)OC1=O.NO. The van der Waals surface area contributed by atoms with E-state index in [4.69, 9.17) is 25.7 Å². The third-order valence-corrected chi connectivity index (χ3v) is 2.56. The molecule has 1 amide bonds. The number of hydrogen-bond acceptors (Lipinski definition) is 11. The predicted octanol–water partition coefficient (Wildman–Crippen LogP) is -1.55. The summed E-state index contributed by atoms with van der Waals surface area (Å²) < 4.78 is 4.10. The van der Waals surface area contributed by atoms with E-state index in [0.717, 1.165) is 0 Å². The van der Waals surface area contributed by atoms with Crippen LogP contribution in [0.1, 0.15) is 19.3 Å². The molecule has 0 saturated carbocycles. The number of cyclic esters (lactones) is 2. The maximum atomic E-state index is 10.4. The minimum absolute atomic E-state index is 0.0544. The molecule has 0 aromatic heterocycles. The van der Waals surface area contributed by atoms with Gasteiger partial charge in [0.2, 0.25) is 5.91 Å². The van der Waals surface area contributed by atoms with Gasteiger partial charge in [0, 0.05) is 16.7 Å². The van der Waals surface area contributed by atoms with Crippen molar-refractivity contribution in [2.75, 3.05) is 6.61 Å². The first kappa shape index (κ1) is 31.0. The number of hydroxylamine groups is 1. The summed E-state index contributed by atoms with van der Waals surface area (Å²) in [5.41, 5.74) is 1.20. The number of carboxylic acids is 2. The van der Waals surface area contributed by atoms with Crippen LogP contribution in [0.4, 0.5) is 0 Å². The average Bonchev–Trinajstić information content (AvgIpc) is 2.97. The van der Waals surface area contributed by atoms with Gasteiger partial charge in [-0.2, -0.15) is 0 Å². The Morgan fingerprint density at radius 3 is 1.77 bits per heavy atom. The molecule has 0 unspecified atom stereocenters. The van der Waals surface area contributed by atoms with E-state index in [1.807, 2.05) is 0 Å². The monoisotopic (exact) mass is 434 g/mol. The molecule has 1 heterocycles. The number of carboxylic acid groups (broad SMARTS) is 2. The van der Waals surface area contributed by atoms with Crippen molar-refractivity contribution in [2.45, 2.75) is 19.3 Å². The summed E-state index contributed by atoms with van der Waals surface area (Å²) in [5.74, 6) is -1.36. The van der Waals surface area contributed by atoms with Crippen molar-refractivity contribution in [3.63, 3.8) is 0 Å². The highest BCUT2D eigenvalue weighted by molar-refractivity contribution is 6.05. The van der Waals surface area contributed by atoms with Gasteiger partial charge in [-0.25, -0.2) is 21.0 Å². The average molecular weight is 434 g/mol. The number of ketones is 1. The number of nitrogens with one attached hydrogen (secondary N) is 1. The number of nitrogens with two attached hydrogens (primary N) is 1. The van der Waals surface area contributed by atoms with Gasteiger partial charge < -0.3 is 25.3 Å². The molecule has 0 aliphatic carbocycles. The Kier molecular flexibility index (Phi) is 18.0. The molecular formula is C16H22N2O12. The smallest absolute Gasteiger partial charge is 0.341 e. The Labute approximate surface area is 169 Å². The largest absolute Gasteiger partial charge is 0.481 e. The molecule has 8 N–H and O–H groups in total. The lowest BCUT2D eigenvalue weighted by Gasteiger charge is -1.96. The van der Waals surface area contributed by atoms with E-state index in [1.165, 1.54) is 5.48 Å². The van der Waals surface area contributed by atoms with Gasteiger partial charge in [-0.3, -0.25) is 24.4 Å². The van der Waals surface area contributed by atoms with E-state index < -0.39 is 55.0 Å². The van der Waals surface area contributed by atoms with E-state index in [2.05, 4.69) is 30.4 Å². The fraction of sp³-hybridized carbons (Fsp3) is 0.250. The highest BCUT2D eigenvalue weighted by atomic mass is 16.6. The number of carbonyl (C=O) groups is 6. The van der Waals surface area contributed by atoms with Crippen LogP contribution in [0.15, 0.2) is 36.5 Å². The van der Waals surface area contributed by atoms with Gasteiger partial charge in [-0.1, -0.05) is 19.7 Å². The lowest BCUT2D eigenvalue weighted by molar-refractivity contribution is -0.151. The van der Waals surface area contributed by atoms with Crippen LogP contribution in [0.5, 0.6) is 0 Å². The van der Waals surface area contributed by atoms with Crippen LogP contribution in [-0.4, -0.2) is 67.9 Å². The van der Waals surface area contributed by atoms with Gasteiger partial charge >= 0.3 is 23.9 Å². The molecule has 1 saturated heterocycles. The summed E-state index contributed by atoms with van der Waals surface area (Å²) >= 11 is 0. The topological polar surface area (TPSA) is 251 Å². The van der Waals surface area contributed by atoms with Crippen LogP contribution in [-0.2, 0) is 33.5 Å². The predicted molar refractivity (Wildman–Crippen MR) is 95.6 cm³/mol. The maximum Gasteiger partial charge on any atom is 0.341 e. The normalized spacial score (nSPS) is 11.1. The third kappa shape index (κ3) is 16.5. The lowest BCUT2D eigenvalue weighted by atomic mass is 10.1. The number of aliphatic hydroxyl groups is 1. The number of rotatable bonds is 7. The zero-order chi connectivity index (χ0) is 24.4. The molecule has 1 aliphatic rings. The van der Waals surface area contributed by atoms with Gasteiger partial charge in [0.25, 0.3) is 0 Å². The van der Waals surface area contributed by atoms with Crippen molar-refractivity contribution in [3.05, 3.63) is 36.5 Å². The highest BCUT2D eigenvalue weighted by Gasteiger charge is 2.24. The van der Waals surface area contributed by atoms with E-state index in [-0.39, 0.29) is 23.1 Å². The van der Waals surface area contributed by atoms with Crippen LogP contribution in [0.2, 0.25) is 0 Å². The lowest BCUT2D eigenvalue weighted by Crippen LogP contribution is -2.20.